The lowest BCUT2D eigenvalue weighted by molar-refractivity contribution is -0.116. The monoisotopic (exact) mass is 330 g/mol. The first-order valence-corrected chi connectivity index (χ1v) is 8.59. The van der Waals surface area contributed by atoms with Crippen LogP contribution in [0.2, 0.25) is 0 Å². The maximum Gasteiger partial charge on any atom is 0.239 e. The molecule has 0 spiro atoms. The van der Waals surface area contributed by atoms with Gasteiger partial charge in [-0.25, -0.2) is 8.42 Å². The molecule has 1 amide bonds. The summed E-state index contributed by atoms with van der Waals surface area (Å²) in [5, 5.41) is 2.65. The van der Waals surface area contributed by atoms with Crippen molar-refractivity contribution in [3.05, 3.63) is 24.3 Å². The molecule has 0 saturated heterocycles. The van der Waals surface area contributed by atoms with Crippen LogP contribution in [0.25, 0.3) is 0 Å². The number of hydrogen-bond donors (Lipinski definition) is 1. The molecule has 0 radical (unpaired) electrons. The quantitative estimate of drug-likeness (QED) is 0.681. The van der Waals surface area contributed by atoms with Crippen LogP contribution in [0.1, 0.15) is 6.42 Å². The van der Waals surface area contributed by atoms with E-state index in [-0.39, 0.29) is 13.1 Å². The van der Waals surface area contributed by atoms with Gasteiger partial charge in [-0.2, -0.15) is 4.31 Å². The van der Waals surface area contributed by atoms with Gasteiger partial charge in [0, 0.05) is 25.9 Å². The van der Waals surface area contributed by atoms with E-state index in [1.807, 2.05) is 0 Å². The normalized spacial score (nSPS) is 11.5. The highest BCUT2D eigenvalue weighted by molar-refractivity contribution is 7.88. The van der Waals surface area contributed by atoms with E-state index in [0.717, 1.165) is 10.6 Å². The first kappa shape index (κ1) is 18.4. The van der Waals surface area contributed by atoms with Crippen molar-refractivity contribution in [3.8, 4) is 5.75 Å². The number of rotatable bonds is 9. The fourth-order valence-electron chi connectivity index (χ4n) is 1.78. The predicted molar refractivity (Wildman–Crippen MR) is 84.5 cm³/mol. The summed E-state index contributed by atoms with van der Waals surface area (Å²) in [6, 6.07) is 6.80. The Labute approximate surface area is 131 Å². The summed E-state index contributed by atoms with van der Waals surface area (Å²) in [6.07, 6.45) is 1.61. The molecule has 0 bridgehead atoms. The predicted octanol–water partition coefficient (Wildman–Crippen LogP) is 0.932. The number of anilines is 1. The van der Waals surface area contributed by atoms with Crippen LogP contribution in [0.15, 0.2) is 24.3 Å². The highest BCUT2D eigenvalue weighted by Crippen LogP contribution is 2.15. The molecule has 0 fully saturated rings. The zero-order chi connectivity index (χ0) is 16.6. The lowest BCUT2D eigenvalue weighted by Gasteiger charge is -2.19. The molecule has 8 heteroatoms. The Morgan fingerprint density at radius 2 is 1.86 bits per heavy atom. The number of nitrogens with one attached hydrogen (secondary N) is 1. The molecule has 0 saturated carbocycles. The Morgan fingerprint density at radius 1 is 1.23 bits per heavy atom. The maximum atomic E-state index is 12.0. The minimum Gasteiger partial charge on any atom is -0.497 e. The minimum atomic E-state index is -3.45. The van der Waals surface area contributed by atoms with Gasteiger partial charge in [0.1, 0.15) is 5.75 Å². The Morgan fingerprint density at radius 3 is 2.36 bits per heavy atom. The third kappa shape index (κ3) is 6.42. The second kappa shape index (κ2) is 8.72. The second-order valence-electron chi connectivity index (χ2n) is 4.72. The summed E-state index contributed by atoms with van der Waals surface area (Å²) in [7, 11) is -0.350. The molecule has 1 rings (SSSR count). The van der Waals surface area contributed by atoms with Crippen LogP contribution in [-0.2, 0) is 19.6 Å². The fraction of sp³-hybridized carbons (Fsp3) is 0.500. The van der Waals surface area contributed by atoms with Crippen LogP contribution < -0.4 is 10.1 Å². The minimum absolute atomic E-state index is 0.228. The Hall–Kier alpha value is -1.64. The van der Waals surface area contributed by atoms with Crippen LogP contribution in [0.3, 0.4) is 0 Å². The van der Waals surface area contributed by atoms with E-state index < -0.39 is 15.9 Å². The van der Waals surface area contributed by atoms with E-state index in [1.165, 1.54) is 0 Å². The summed E-state index contributed by atoms with van der Waals surface area (Å²) in [6.45, 7) is 0.448. The Bertz CT molecular complexity index is 571. The highest BCUT2D eigenvalue weighted by atomic mass is 32.2. The number of nitrogens with zero attached hydrogens (tertiary/aromatic N) is 1. The SMILES string of the molecule is COCCCN(CC(=O)Nc1ccc(OC)cc1)S(C)(=O)=O. The molecular weight excluding hydrogens is 308 g/mol. The molecule has 1 aromatic carbocycles. The number of amides is 1. The summed E-state index contributed by atoms with van der Waals surface area (Å²) < 4.78 is 34.4. The summed E-state index contributed by atoms with van der Waals surface area (Å²) in [5.41, 5.74) is 0.580. The van der Waals surface area contributed by atoms with Crippen molar-refractivity contribution in [1.29, 1.82) is 0 Å². The Kier molecular flexibility index (Phi) is 7.30. The molecule has 0 atom stereocenters. The summed E-state index contributed by atoms with van der Waals surface area (Å²) in [5.74, 6) is 0.281. The molecule has 0 aromatic heterocycles. The van der Waals surface area contributed by atoms with E-state index in [2.05, 4.69) is 5.32 Å². The van der Waals surface area contributed by atoms with Gasteiger partial charge in [0.15, 0.2) is 0 Å². The van der Waals surface area contributed by atoms with Crippen molar-refractivity contribution >= 4 is 21.6 Å². The number of carbonyl (C=O) groups excluding carboxylic acids is 1. The fourth-order valence-corrected chi connectivity index (χ4v) is 2.59. The number of methoxy groups -OCH3 is 2. The van der Waals surface area contributed by atoms with Gasteiger partial charge < -0.3 is 14.8 Å². The average molecular weight is 330 g/mol. The number of sulfonamides is 1. The summed E-state index contributed by atoms with van der Waals surface area (Å²) >= 11 is 0. The highest BCUT2D eigenvalue weighted by Gasteiger charge is 2.19. The van der Waals surface area contributed by atoms with E-state index in [1.54, 1.807) is 38.5 Å². The third-order valence-corrected chi connectivity index (χ3v) is 4.17. The lowest BCUT2D eigenvalue weighted by Crippen LogP contribution is -2.38. The van der Waals surface area contributed by atoms with Crippen LogP contribution in [0.5, 0.6) is 5.75 Å². The maximum absolute atomic E-state index is 12.0. The van der Waals surface area contributed by atoms with Gasteiger partial charge in [0.25, 0.3) is 0 Å². The molecule has 0 aliphatic carbocycles. The van der Waals surface area contributed by atoms with E-state index >= 15 is 0 Å². The van der Waals surface area contributed by atoms with Crippen molar-refractivity contribution < 1.29 is 22.7 Å². The molecule has 0 unspecified atom stereocenters. The zero-order valence-corrected chi connectivity index (χ0v) is 13.9. The van der Waals surface area contributed by atoms with Gasteiger partial charge in [0.2, 0.25) is 15.9 Å². The van der Waals surface area contributed by atoms with E-state index in [0.29, 0.717) is 24.5 Å². The first-order chi connectivity index (χ1) is 10.4. The van der Waals surface area contributed by atoms with Gasteiger partial charge in [-0.1, -0.05) is 0 Å². The smallest absolute Gasteiger partial charge is 0.239 e. The molecule has 7 nitrogen and oxygen atoms in total. The number of carbonyl (C=O) groups is 1. The number of benzene rings is 1. The van der Waals surface area contributed by atoms with E-state index in [9.17, 15) is 13.2 Å². The van der Waals surface area contributed by atoms with Crippen LogP contribution in [-0.4, -0.2) is 58.8 Å². The van der Waals surface area contributed by atoms with E-state index in [4.69, 9.17) is 9.47 Å². The van der Waals surface area contributed by atoms with Crippen LogP contribution in [0.4, 0.5) is 5.69 Å². The van der Waals surface area contributed by atoms with Crippen LogP contribution >= 0.6 is 0 Å². The number of hydrogen-bond acceptors (Lipinski definition) is 5. The molecular formula is C14H22N2O5S. The van der Waals surface area contributed by atoms with Gasteiger partial charge in [-0.05, 0) is 30.7 Å². The topological polar surface area (TPSA) is 84.9 Å². The van der Waals surface area contributed by atoms with Gasteiger partial charge >= 0.3 is 0 Å². The molecule has 0 aliphatic heterocycles. The lowest BCUT2D eigenvalue weighted by atomic mass is 10.3. The largest absolute Gasteiger partial charge is 0.497 e. The molecule has 0 aliphatic rings. The molecule has 1 aromatic rings. The zero-order valence-electron chi connectivity index (χ0n) is 13.0. The van der Waals surface area contributed by atoms with Gasteiger partial charge in [-0.15, -0.1) is 0 Å². The molecule has 124 valence electrons. The van der Waals surface area contributed by atoms with Crippen molar-refractivity contribution in [1.82, 2.24) is 4.31 Å². The van der Waals surface area contributed by atoms with Gasteiger partial charge in [0.05, 0.1) is 19.9 Å². The average Bonchev–Trinajstić information content (AvgIpc) is 2.46. The van der Waals surface area contributed by atoms with Crippen molar-refractivity contribution in [2.75, 3.05) is 45.5 Å². The first-order valence-electron chi connectivity index (χ1n) is 6.74. The summed E-state index contributed by atoms with van der Waals surface area (Å²) in [4.78, 5) is 12.0. The van der Waals surface area contributed by atoms with Crippen LogP contribution in [0, 0.1) is 0 Å². The Balaban J connectivity index is 2.61. The number of ether oxygens (including phenoxy) is 2. The molecule has 22 heavy (non-hydrogen) atoms. The molecule has 0 heterocycles. The standard InChI is InChI=1S/C14H22N2O5S/c1-20-10-4-9-16(22(3,18)19)11-14(17)15-12-5-7-13(21-2)8-6-12/h5-8H,4,9-11H2,1-3H3,(H,15,17). The van der Waals surface area contributed by atoms with Crippen molar-refractivity contribution in [2.45, 2.75) is 6.42 Å². The molecule has 1 N–H and O–H groups in total. The third-order valence-electron chi connectivity index (χ3n) is 2.92. The van der Waals surface area contributed by atoms with Gasteiger partial charge in [-0.3, -0.25) is 4.79 Å². The van der Waals surface area contributed by atoms with Crippen molar-refractivity contribution in [3.63, 3.8) is 0 Å². The van der Waals surface area contributed by atoms with Crippen molar-refractivity contribution in [2.24, 2.45) is 0 Å². The second-order valence-corrected chi connectivity index (χ2v) is 6.70.